The Kier molecular flexibility index (Phi) is 4.02. The molecular formula is C15H15N5O3S. The van der Waals surface area contributed by atoms with Crippen LogP contribution in [0.3, 0.4) is 0 Å². The van der Waals surface area contributed by atoms with Gasteiger partial charge in [0, 0.05) is 17.3 Å². The van der Waals surface area contributed by atoms with E-state index in [4.69, 9.17) is 10.5 Å². The molecule has 0 radical (unpaired) electrons. The van der Waals surface area contributed by atoms with Crippen LogP contribution < -0.4 is 11.3 Å². The highest BCUT2D eigenvalue weighted by Gasteiger charge is 2.21. The third-order valence-corrected chi connectivity index (χ3v) is 4.75. The van der Waals surface area contributed by atoms with E-state index < -0.39 is 12.1 Å². The second-order valence-corrected chi connectivity index (χ2v) is 6.46. The molecule has 3 aromatic rings. The molecule has 0 saturated carbocycles. The van der Waals surface area contributed by atoms with Crippen LogP contribution in [0.2, 0.25) is 0 Å². The summed E-state index contributed by atoms with van der Waals surface area (Å²) in [6.45, 7) is 5.42. The van der Waals surface area contributed by atoms with E-state index in [0.29, 0.717) is 10.2 Å². The third-order valence-electron chi connectivity index (χ3n) is 3.65. The van der Waals surface area contributed by atoms with E-state index in [-0.39, 0.29) is 22.9 Å². The smallest absolute Gasteiger partial charge is 0.361 e. The average molecular weight is 345 g/mol. The number of nitrogens with zero attached hydrogens (tertiary/aromatic N) is 3. The summed E-state index contributed by atoms with van der Waals surface area (Å²) < 4.78 is 5.29. The molecule has 3 rings (SSSR count). The minimum absolute atomic E-state index is 0.0175. The fraction of sp³-hybridized carbons (Fsp3) is 0.267. The lowest BCUT2D eigenvalue weighted by Gasteiger charge is -2.12. The summed E-state index contributed by atoms with van der Waals surface area (Å²) in [5, 5.41) is 0.568. The zero-order valence-electron chi connectivity index (χ0n) is 13.3. The second kappa shape index (κ2) is 6.00. The van der Waals surface area contributed by atoms with Crippen LogP contribution in [-0.4, -0.2) is 25.9 Å². The highest BCUT2D eigenvalue weighted by atomic mass is 32.1. The van der Waals surface area contributed by atoms with Crippen molar-refractivity contribution >= 4 is 33.3 Å². The molecule has 0 spiro atoms. The first-order chi connectivity index (χ1) is 11.4. The van der Waals surface area contributed by atoms with Gasteiger partial charge < -0.3 is 15.5 Å². The number of anilines is 1. The Morgan fingerprint density at radius 1 is 1.33 bits per heavy atom. The fourth-order valence-corrected chi connectivity index (χ4v) is 3.28. The third kappa shape index (κ3) is 2.73. The molecule has 0 bridgehead atoms. The molecule has 1 atom stereocenters. The highest BCUT2D eigenvalue weighted by Crippen LogP contribution is 2.27. The van der Waals surface area contributed by atoms with E-state index in [2.05, 4.69) is 19.9 Å². The van der Waals surface area contributed by atoms with Crippen molar-refractivity contribution in [3.05, 3.63) is 44.7 Å². The summed E-state index contributed by atoms with van der Waals surface area (Å²) in [6, 6.07) is 0. The van der Waals surface area contributed by atoms with Gasteiger partial charge in [-0.05, 0) is 26.3 Å². The van der Waals surface area contributed by atoms with Gasteiger partial charge in [-0.25, -0.2) is 19.7 Å². The second-order valence-electron chi connectivity index (χ2n) is 5.25. The number of nitrogens with two attached hydrogens (primary N) is 1. The number of thiophene rings is 1. The van der Waals surface area contributed by atoms with Crippen LogP contribution in [0.5, 0.6) is 0 Å². The molecule has 0 aromatic carbocycles. The van der Waals surface area contributed by atoms with E-state index in [1.807, 2.05) is 13.8 Å². The molecule has 124 valence electrons. The molecule has 3 aromatic heterocycles. The maximum atomic E-state index is 12.3. The van der Waals surface area contributed by atoms with E-state index in [1.54, 1.807) is 6.92 Å². The number of nitrogen functional groups attached to an aromatic ring is 1. The summed E-state index contributed by atoms with van der Waals surface area (Å²) in [4.78, 5) is 40.8. The van der Waals surface area contributed by atoms with Crippen molar-refractivity contribution in [2.45, 2.75) is 26.9 Å². The van der Waals surface area contributed by atoms with Crippen LogP contribution in [0.4, 0.5) is 5.82 Å². The van der Waals surface area contributed by atoms with Crippen LogP contribution in [0.25, 0.3) is 10.2 Å². The first-order valence-electron chi connectivity index (χ1n) is 7.16. The quantitative estimate of drug-likeness (QED) is 0.695. The van der Waals surface area contributed by atoms with Gasteiger partial charge in [-0.1, -0.05) is 0 Å². The van der Waals surface area contributed by atoms with Crippen molar-refractivity contribution in [1.82, 2.24) is 19.9 Å². The van der Waals surface area contributed by atoms with Crippen LogP contribution in [0, 0.1) is 13.8 Å². The molecule has 0 aliphatic carbocycles. The molecule has 3 N–H and O–H groups in total. The number of nitrogens with one attached hydrogen (secondary N) is 1. The molecular weight excluding hydrogens is 330 g/mol. The molecule has 0 fully saturated rings. The predicted octanol–water partition coefficient (Wildman–Crippen LogP) is 1.89. The average Bonchev–Trinajstić information content (AvgIpc) is 2.82. The first-order valence-corrected chi connectivity index (χ1v) is 7.97. The minimum atomic E-state index is -0.765. The minimum Gasteiger partial charge on any atom is -0.450 e. The molecule has 24 heavy (non-hydrogen) atoms. The summed E-state index contributed by atoms with van der Waals surface area (Å²) in [5.74, 6) is -0.477. The number of fused-ring (bicyclic) bond motifs is 1. The molecule has 0 saturated heterocycles. The van der Waals surface area contributed by atoms with Gasteiger partial charge in [-0.15, -0.1) is 11.3 Å². The first kappa shape index (κ1) is 16.1. The number of carbonyl (C=O) groups excluding carboxylic acids is 1. The van der Waals surface area contributed by atoms with Crippen molar-refractivity contribution in [3.8, 4) is 0 Å². The number of rotatable bonds is 3. The van der Waals surface area contributed by atoms with Gasteiger partial charge in [0.25, 0.3) is 5.56 Å². The Morgan fingerprint density at radius 2 is 2.04 bits per heavy atom. The summed E-state index contributed by atoms with van der Waals surface area (Å²) in [5.41, 5.74) is 6.19. The Hall–Kier alpha value is -2.81. The van der Waals surface area contributed by atoms with Gasteiger partial charge in [0.15, 0.2) is 23.4 Å². The van der Waals surface area contributed by atoms with Crippen molar-refractivity contribution in [1.29, 1.82) is 0 Å². The number of aromatic nitrogens is 4. The Morgan fingerprint density at radius 3 is 2.75 bits per heavy atom. The van der Waals surface area contributed by atoms with Gasteiger partial charge in [0.05, 0.1) is 5.39 Å². The fourth-order valence-electron chi connectivity index (χ4n) is 2.24. The maximum Gasteiger partial charge on any atom is 0.361 e. The maximum absolute atomic E-state index is 12.3. The number of ether oxygens (including phenoxy) is 1. The van der Waals surface area contributed by atoms with Gasteiger partial charge in [-0.3, -0.25) is 4.79 Å². The van der Waals surface area contributed by atoms with Crippen LogP contribution in [-0.2, 0) is 4.74 Å². The van der Waals surface area contributed by atoms with Gasteiger partial charge in [-0.2, -0.15) is 0 Å². The highest BCUT2D eigenvalue weighted by molar-refractivity contribution is 7.18. The monoisotopic (exact) mass is 345 g/mol. The number of aryl methyl sites for hydroxylation is 2. The van der Waals surface area contributed by atoms with Crippen LogP contribution in [0.15, 0.2) is 17.2 Å². The van der Waals surface area contributed by atoms with Crippen molar-refractivity contribution < 1.29 is 9.53 Å². The lowest BCUT2D eigenvalue weighted by molar-refractivity contribution is 0.0314. The lowest BCUT2D eigenvalue weighted by atomic mass is 10.2. The number of aromatic amines is 1. The SMILES string of the molecule is Cc1sc2nc(C(C)OC(=O)c3nccnc3N)[nH]c(=O)c2c1C. The zero-order chi connectivity index (χ0) is 17.4. The van der Waals surface area contributed by atoms with Crippen molar-refractivity contribution in [2.75, 3.05) is 5.73 Å². The van der Waals surface area contributed by atoms with Crippen LogP contribution >= 0.6 is 11.3 Å². The van der Waals surface area contributed by atoms with Crippen molar-refractivity contribution in [3.63, 3.8) is 0 Å². The summed E-state index contributed by atoms with van der Waals surface area (Å²) in [7, 11) is 0. The topological polar surface area (TPSA) is 124 Å². The molecule has 8 nitrogen and oxygen atoms in total. The normalized spacial score (nSPS) is 12.3. The Bertz CT molecular complexity index is 994. The predicted molar refractivity (Wildman–Crippen MR) is 90.0 cm³/mol. The van der Waals surface area contributed by atoms with Crippen molar-refractivity contribution in [2.24, 2.45) is 0 Å². The Labute approximate surface area is 140 Å². The molecule has 9 heteroatoms. The molecule has 0 amide bonds. The number of hydrogen-bond acceptors (Lipinski definition) is 8. The zero-order valence-corrected chi connectivity index (χ0v) is 14.1. The summed E-state index contributed by atoms with van der Waals surface area (Å²) >= 11 is 1.43. The van der Waals surface area contributed by atoms with E-state index in [0.717, 1.165) is 10.4 Å². The molecule has 0 aliphatic rings. The lowest BCUT2D eigenvalue weighted by Crippen LogP contribution is -2.18. The van der Waals surface area contributed by atoms with Gasteiger partial charge in [0.2, 0.25) is 0 Å². The van der Waals surface area contributed by atoms with Crippen LogP contribution in [0.1, 0.15) is 39.8 Å². The number of esters is 1. The van der Waals surface area contributed by atoms with Gasteiger partial charge >= 0.3 is 5.97 Å². The molecule has 1 unspecified atom stereocenters. The largest absolute Gasteiger partial charge is 0.450 e. The van der Waals surface area contributed by atoms with E-state index in [9.17, 15) is 9.59 Å². The standard InChI is InChI=1S/C15H15N5O3S/c1-6-8(3)24-14-9(6)13(21)19-12(20-14)7(2)23-15(22)10-11(16)18-5-4-17-10/h4-5,7H,1-3H3,(H2,16,18)(H,19,20,21). The molecule has 3 heterocycles. The number of H-pyrrole nitrogens is 1. The molecule has 0 aliphatic heterocycles. The van der Waals surface area contributed by atoms with E-state index in [1.165, 1.54) is 23.7 Å². The summed E-state index contributed by atoms with van der Waals surface area (Å²) in [6.07, 6.45) is 1.96. The number of carbonyl (C=O) groups is 1. The van der Waals surface area contributed by atoms with Gasteiger partial charge in [0.1, 0.15) is 4.83 Å². The number of hydrogen-bond donors (Lipinski definition) is 2. The Balaban J connectivity index is 1.92. The van der Waals surface area contributed by atoms with E-state index >= 15 is 0 Å².